The smallest absolute Gasteiger partial charge is 0.242 e. The van der Waals surface area contributed by atoms with Gasteiger partial charge >= 0.3 is 0 Å². The van der Waals surface area contributed by atoms with Crippen molar-refractivity contribution in [1.82, 2.24) is 24.9 Å². The third-order valence-corrected chi connectivity index (χ3v) is 4.34. The second-order valence-electron chi connectivity index (χ2n) is 6.61. The summed E-state index contributed by atoms with van der Waals surface area (Å²) in [6, 6.07) is 10.3. The number of nitrogens with one attached hydrogen (secondary N) is 1. The monoisotopic (exact) mass is 354 g/mol. The lowest BCUT2D eigenvalue weighted by Gasteiger charge is -2.28. The second kappa shape index (κ2) is 8.25. The van der Waals surface area contributed by atoms with Gasteiger partial charge in [-0.3, -0.25) is 5.01 Å². The van der Waals surface area contributed by atoms with Crippen LogP contribution >= 0.6 is 0 Å². The molecule has 1 unspecified atom stereocenters. The Morgan fingerprint density at radius 3 is 2.62 bits per heavy atom. The molecule has 1 atom stereocenters. The van der Waals surface area contributed by atoms with Crippen LogP contribution in [0.4, 0.5) is 5.95 Å². The van der Waals surface area contributed by atoms with Crippen molar-refractivity contribution < 1.29 is 5.11 Å². The van der Waals surface area contributed by atoms with Crippen molar-refractivity contribution in [2.24, 2.45) is 0 Å². The Hall–Kier alpha value is -2.51. The predicted octanol–water partition coefficient (Wildman–Crippen LogP) is 2.69. The molecule has 0 amide bonds. The molecule has 7 nitrogen and oxygen atoms in total. The third-order valence-electron chi connectivity index (χ3n) is 4.34. The summed E-state index contributed by atoms with van der Waals surface area (Å²) < 4.78 is 2.03. The highest BCUT2D eigenvalue weighted by Gasteiger charge is 2.17. The molecule has 3 aromatic rings. The Morgan fingerprint density at radius 1 is 1.19 bits per heavy atom. The van der Waals surface area contributed by atoms with Gasteiger partial charge in [0.25, 0.3) is 0 Å². The molecule has 0 aliphatic carbocycles. The maximum Gasteiger partial charge on any atom is 0.242 e. The lowest BCUT2D eigenvalue weighted by molar-refractivity contribution is 0.235. The molecule has 3 rings (SSSR count). The van der Waals surface area contributed by atoms with E-state index in [1.54, 1.807) is 12.5 Å². The highest BCUT2D eigenvalue weighted by Crippen LogP contribution is 2.18. The van der Waals surface area contributed by atoms with Crippen LogP contribution in [0.2, 0.25) is 0 Å². The van der Waals surface area contributed by atoms with E-state index in [0.29, 0.717) is 12.5 Å². The van der Waals surface area contributed by atoms with Gasteiger partial charge in [-0.25, -0.2) is 15.4 Å². The van der Waals surface area contributed by atoms with E-state index >= 15 is 0 Å². The number of imidazole rings is 1. The zero-order chi connectivity index (χ0) is 18.5. The molecule has 2 heterocycles. The second-order valence-corrected chi connectivity index (χ2v) is 6.61. The molecule has 0 saturated carbocycles. The molecule has 7 heteroatoms. The quantitative estimate of drug-likeness (QED) is 0.606. The lowest BCUT2D eigenvalue weighted by Crippen LogP contribution is -2.46. The molecule has 0 aliphatic heterocycles. The first-order valence-electron chi connectivity index (χ1n) is 9.00. The first kappa shape index (κ1) is 18.3. The van der Waals surface area contributed by atoms with Crippen LogP contribution in [0.3, 0.4) is 0 Å². The van der Waals surface area contributed by atoms with Gasteiger partial charge in [0.15, 0.2) is 5.65 Å². The van der Waals surface area contributed by atoms with Gasteiger partial charge in [-0.05, 0) is 25.8 Å². The van der Waals surface area contributed by atoms with Gasteiger partial charge in [0.1, 0.15) is 5.52 Å². The third kappa shape index (κ3) is 4.00. The van der Waals surface area contributed by atoms with Crippen LogP contribution in [0.15, 0.2) is 42.9 Å². The minimum Gasteiger partial charge on any atom is -0.395 e. The average Bonchev–Trinajstić information content (AvgIpc) is 3.09. The molecule has 0 bridgehead atoms. The molecule has 0 aliphatic rings. The molecule has 2 N–H and O–H groups in total. The SMILES string of the molecule is CCC(CO)NN(Cc1ccccc1)c1ncc2ncn(C(C)C)c2n1. The molecular weight excluding hydrogens is 328 g/mol. The highest BCUT2D eigenvalue weighted by molar-refractivity contribution is 5.71. The van der Waals surface area contributed by atoms with Crippen molar-refractivity contribution in [1.29, 1.82) is 0 Å². The maximum absolute atomic E-state index is 9.60. The van der Waals surface area contributed by atoms with Crippen molar-refractivity contribution in [3.05, 3.63) is 48.4 Å². The van der Waals surface area contributed by atoms with Crippen LogP contribution in [0.25, 0.3) is 11.2 Å². The molecular formula is C19H26N6O. The Morgan fingerprint density at radius 2 is 1.96 bits per heavy atom. The van der Waals surface area contributed by atoms with E-state index in [9.17, 15) is 5.11 Å². The van der Waals surface area contributed by atoms with Gasteiger partial charge in [-0.1, -0.05) is 37.3 Å². The Balaban J connectivity index is 1.96. The summed E-state index contributed by atoms with van der Waals surface area (Å²) in [6.07, 6.45) is 4.34. The van der Waals surface area contributed by atoms with Gasteiger partial charge in [-0.2, -0.15) is 4.98 Å². The van der Waals surface area contributed by atoms with Crippen molar-refractivity contribution >= 4 is 17.1 Å². The maximum atomic E-state index is 9.60. The summed E-state index contributed by atoms with van der Waals surface area (Å²) in [5.74, 6) is 0.565. The molecule has 0 fully saturated rings. The summed E-state index contributed by atoms with van der Waals surface area (Å²) in [4.78, 5) is 13.6. The summed E-state index contributed by atoms with van der Waals surface area (Å²) in [5, 5.41) is 11.5. The number of nitrogens with zero attached hydrogens (tertiary/aromatic N) is 5. The summed E-state index contributed by atoms with van der Waals surface area (Å²) in [6.45, 7) is 6.88. The Kier molecular flexibility index (Phi) is 5.80. The number of hydrogen-bond acceptors (Lipinski definition) is 6. The number of aliphatic hydroxyl groups is 1. The molecule has 2 aromatic heterocycles. The van der Waals surface area contributed by atoms with Gasteiger partial charge in [0, 0.05) is 12.1 Å². The fourth-order valence-electron chi connectivity index (χ4n) is 2.75. The first-order valence-corrected chi connectivity index (χ1v) is 9.00. The van der Waals surface area contributed by atoms with E-state index in [0.717, 1.165) is 23.1 Å². The number of benzene rings is 1. The first-order chi connectivity index (χ1) is 12.6. The van der Waals surface area contributed by atoms with E-state index in [-0.39, 0.29) is 18.7 Å². The topological polar surface area (TPSA) is 79.1 Å². The van der Waals surface area contributed by atoms with E-state index < -0.39 is 0 Å². The van der Waals surface area contributed by atoms with Gasteiger partial charge in [0.05, 0.1) is 25.7 Å². The molecule has 138 valence electrons. The predicted molar refractivity (Wildman–Crippen MR) is 103 cm³/mol. The van der Waals surface area contributed by atoms with Crippen LogP contribution in [-0.2, 0) is 6.54 Å². The van der Waals surface area contributed by atoms with E-state index in [4.69, 9.17) is 4.98 Å². The van der Waals surface area contributed by atoms with Crippen molar-refractivity contribution in [3.63, 3.8) is 0 Å². The Labute approximate surface area is 153 Å². The Bertz CT molecular complexity index is 828. The highest BCUT2D eigenvalue weighted by atomic mass is 16.3. The lowest BCUT2D eigenvalue weighted by atomic mass is 10.2. The average molecular weight is 354 g/mol. The van der Waals surface area contributed by atoms with Crippen LogP contribution in [0.5, 0.6) is 0 Å². The minimum atomic E-state index is -0.0620. The summed E-state index contributed by atoms with van der Waals surface area (Å²) in [5.41, 5.74) is 6.07. The van der Waals surface area contributed by atoms with Crippen LogP contribution in [0.1, 0.15) is 38.8 Å². The number of anilines is 1. The fraction of sp³-hybridized carbons (Fsp3) is 0.421. The number of rotatable bonds is 8. The minimum absolute atomic E-state index is 0.0496. The van der Waals surface area contributed by atoms with E-state index in [2.05, 4.69) is 41.4 Å². The number of hydrogen-bond donors (Lipinski definition) is 2. The number of hydrazine groups is 1. The van der Waals surface area contributed by atoms with Crippen LogP contribution in [-0.4, -0.2) is 37.3 Å². The van der Waals surface area contributed by atoms with Crippen molar-refractivity contribution in [2.45, 2.75) is 45.8 Å². The van der Waals surface area contributed by atoms with Gasteiger partial charge < -0.3 is 9.67 Å². The summed E-state index contributed by atoms with van der Waals surface area (Å²) in [7, 11) is 0. The standard InChI is InChI=1S/C19H26N6O/c1-4-16(12-26)23-25(11-15-8-6-5-7-9-15)19-20-10-17-18(22-19)24(13-21-17)14(2)3/h5-10,13-14,16,23,26H,4,11-12H2,1-3H3. The number of fused-ring (bicyclic) bond motifs is 1. The van der Waals surface area contributed by atoms with Crippen LogP contribution in [0, 0.1) is 0 Å². The van der Waals surface area contributed by atoms with Gasteiger partial charge in [0.2, 0.25) is 5.95 Å². The van der Waals surface area contributed by atoms with Gasteiger partial charge in [-0.15, -0.1) is 0 Å². The van der Waals surface area contributed by atoms with Crippen LogP contribution < -0.4 is 10.4 Å². The summed E-state index contributed by atoms with van der Waals surface area (Å²) >= 11 is 0. The molecule has 26 heavy (non-hydrogen) atoms. The van der Waals surface area contributed by atoms with E-state index in [1.807, 2.05) is 34.7 Å². The molecule has 1 aromatic carbocycles. The van der Waals surface area contributed by atoms with E-state index in [1.165, 1.54) is 0 Å². The molecule has 0 spiro atoms. The fourth-order valence-corrected chi connectivity index (χ4v) is 2.75. The zero-order valence-electron chi connectivity index (χ0n) is 15.5. The van der Waals surface area contributed by atoms with Crippen molar-refractivity contribution in [3.8, 4) is 0 Å². The van der Waals surface area contributed by atoms with Crippen molar-refractivity contribution in [2.75, 3.05) is 11.6 Å². The number of aromatic nitrogens is 4. The molecule has 0 saturated heterocycles. The molecule has 0 radical (unpaired) electrons. The number of aliphatic hydroxyl groups excluding tert-OH is 1. The normalized spacial score (nSPS) is 12.7. The largest absolute Gasteiger partial charge is 0.395 e. The zero-order valence-corrected chi connectivity index (χ0v) is 15.5.